The number of hydrogen-bond donors (Lipinski definition) is 2. The van der Waals surface area contributed by atoms with Gasteiger partial charge in [-0.1, -0.05) is 0 Å². The number of rotatable bonds is 5. The Morgan fingerprint density at radius 2 is 1.82 bits per heavy atom. The summed E-state index contributed by atoms with van der Waals surface area (Å²) in [5, 5.41) is 12.4. The summed E-state index contributed by atoms with van der Waals surface area (Å²) in [5.41, 5.74) is 7.01. The van der Waals surface area contributed by atoms with Crippen molar-refractivity contribution in [2.24, 2.45) is 0 Å². The van der Waals surface area contributed by atoms with Crippen LogP contribution in [0.4, 0.5) is 15.8 Å². The highest BCUT2D eigenvalue weighted by molar-refractivity contribution is 6.08. The predicted octanol–water partition coefficient (Wildman–Crippen LogP) is 5.22. The van der Waals surface area contributed by atoms with E-state index in [0.717, 1.165) is 28.7 Å². The third-order valence-corrected chi connectivity index (χ3v) is 7.35. The van der Waals surface area contributed by atoms with Gasteiger partial charge in [-0.25, -0.2) is 4.39 Å². The molecular formula is C30H29FN2O5. The Bertz CT molecular complexity index is 1480. The fraction of sp³-hybridized carbons (Fsp3) is 0.300. The molecule has 2 aliphatic rings. The summed E-state index contributed by atoms with van der Waals surface area (Å²) < 4.78 is 20.9. The lowest BCUT2D eigenvalue weighted by Crippen LogP contribution is -2.29. The first kappa shape index (κ1) is 25.4. The number of aliphatic carboxylic acids is 1. The van der Waals surface area contributed by atoms with Gasteiger partial charge in [-0.05, 0) is 103 Å². The maximum atomic E-state index is 15.3. The van der Waals surface area contributed by atoms with Gasteiger partial charge in [0.25, 0.3) is 5.91 Å². The van der Waals surface area contributed by atoms with E-state index in [1.807, 2.05) is 19.9 Å². The van der Waals surface area contributed by atoms with E-state index in [1.54, 1.807) is 29.2 Å². The van der Waals surface area contributed by atoms with Crippen molar-refractivity contribution in [3.63, 3.8) is 0 Å². The number of fused-ring (bicyclic) bond motifs is 2. The molecule has 0 aliphatic carbocycles. The molecule has 2 heterocycles. The number of carboxylic acid groups (broad SMARTS) is 1. The molecule has 0 spiro atoms. The summed E-state index contributed by atoms with van der Waals surface area (Å²) in [7, 11) is 0. The largest absolute Gasteiger partial charge is 0.490 e. The molecule has 0 radical (unpaired) electrons. The number of benzene rings is 3. The van der Waals surface area contributed by atoms with Crippen LogP contribution in [-0.2, 0) is 28.9 Å². The van der Waals surface area contributed by atoms with Crippen molar-refractivity contribution in [3.8, 4) is 16.9 Å². The minimum Gasteiger partial charge on any atom is -0.490 e. The smallest absolute Gasteiger partial charge is 0.307 e. The quantitative estimate of drug-likeness (QED) is 0.485. The molecule has 0 saturated heterocycles. The molecule has 0 unspecified atom stereocenters. The van der Waals surface area contributed by atoms with Gasteiger partial charge in [-0.3, -0.25) is 14.4 Å². The standard InChI is InChI=1S/C30H29FN2O5/c1-16-13-26-22(10-11-33(26)30(37)19-6-8-20(9-7-19)32-18(3)34)28(23(16)15-27(35)36)24-14-25(31)29-21(17(24)2)5-4-12-38-29/h6-9,13-14H,4-5,10-12,15H2,1-3H3,(H,32,34)(H,35,36). The number of ether oxygens (including phenoxy) is 1. The molecule has 38 heavy (non-hydrogen) atoms. The predicted molar refractivity (Wildman–Crippen MR) is 143 cm³/mol. The Hall–Kier alpha value is -4.20. The van der Waals surface area contributed by atoms with Crippen molar-refractivity contribution in [2.45, 2.75) is 46.5 Å². The summed E-state index contributed by atoms with van der Waals surface area (Å²) in [6, 6.07) is 10.0. The topological polar surface area (TPSA) is 95.9 Å². The third-order valence-electron chi connectivity index (χ3n) is 7.35. The molecule has 3 aromatic carbocycles. The van der Waals surface area contributed by atoms with Gasteiger partial charge < -0.3 is 20.1 Å². The first-order valence-electron chi connectivity index (χ1n) is 12.7. The highest BCUT2D eigenvalue weighted by Gasteiger charge is 2.32. The van der Waals surface area contributed by atoms with E-state index in [4.69, 9.17) is 4.74 Å². The van der Waals surface area contributed by atoms with Crippen LogP contribution in [0.2, 0.25) is 0 Å². The van der Waals surface area contributed by atoms with Gasteiger partial charge in [0.1, 0.15) is 0 Å². The second-order valence-corrected chi connectivity index (χ2v) is 9.87. The number of aryl methyl sites for hydroxylation is 1. The van der Waals surface area contributed by atoms with Crippen LogP contribution in [0.15, 0.2) is 36.4 Å². The van der Waals surface area contributed by atoms with Crippen molar-refractivity contribution < 1.29 is 28.6 Å². The molecule has 5 rings (SSSR count). The molecule has 2 amide bonds. The monoisotopic (exact) mass is 516 g/mol. The number of amides is 2. The normalized spacial score (nSPS) is 13.9. The molecule has 7 nitrogen and oxygen atoms in total. The number of nitrogens with zero attached hydrogens (tertiary/aromatic N) is 1. The summed E-state index contributed by atoms with van der Waals surface area (Å²) in [6.07, 6.45) is 1.78. The SMILES string of the molecule is CC(=O)Nc1ccc(C(=O)N2CCc3c2cc(C)c(CC(=O)O)c3-c2cc(F)c3c(c2C)CCCO3)cc1. The Balaban J connectivity index is 1.63. The molecule has 0 fully saturated rings. The van der Waals surface area contributed by atoms with E-state index in [9.17, 15) is 19.5 Å². The van der Waals surface area contributed by atoms with Crippen LogP contribution in [-0.4, -0.2) is 36.0 Å². The van der Waals surface area contributed by atoms with E-state index in [2.05, 4.69) is 5.32 Å². The number of carboxylic acids is 1. The molecule has 196 valence electrons. The lowest BCUT2D eigenvalue weighted by Gasteiger charge is -2.25. The van der Waals surface area contributed by atoms with Crippen LogP contribution in [0.1, 0.15) is 51.5 Å². The first-order chi connectivity index (χ1) is 18.2. The number of hydrogen-bond acceptors (Lipinski definition) is 4. The van der Waals surface area contributed by atoms with Gasteiger partial charge >= 0.3 is 5.97 Å². The highest BCUT2D eigenvalue weighted by atomic mass is 19.1. The number of nitrogens with one attached hydrogen (secondary N) is 1. The van der Waals surface area contributed by atoms with E-state index in [0.29, 0.717) is 59.6 Å². The Morgan fingerprint density at radius 1 is 1.08 bits per heavy atom. The van der Waals surface area contributed by atoms with Crippen molar-refractivity contribution in [1.29, 1.82) is 0 Å². The lowest BCUT2D eigenvalue weighted by atomic mass is 9.84. The lowest BCUT2D eigenvalue weighted by molar-refractivity contribution is -0.136. The fourth-order valence-corrected chi connectivity index (χ4v) is 5.61. The van der Waals surface area contributed by atoms with E-state index >= 15 is 4.39 Å². The van der Waals surface area contributed by atoms with Crippen LogP contribution in [0.3, 0.4) is 0 Å². The molecule has 0 atom stereocenters. The summed E-state index contributed by atoms with van der Waals surface area (Å²) in [5.74, 6) is -1.54. The van der Waals surface area contributed by atoms with Crippen molar-refractivity contribution in [3.05, 3.63) is 75.6 Å². The van der Waals surface area contributed by atoms with Gasteiger partial charge in [0.15, 0.2) is 11.6 Å². The molecule has 0 saturated carbocycles. The van der Waals surface area contributed by atoms with Gasteiger partial charge in [0, 0.05) is 36.0 Å². The Morgan fingerprint density at radius 3 is 2.50 bits per heavy atom. The zero-order valence-electron chi connectivity index (χ0n) is 21.6. The molecule has 0 aromatic heterocycles. The minimum absolute atomic E-state index is 0.196. The third kappa shape index (κ3) is 4.51. The molecule has 0 bridgehead atoms. The summed E-state index contributed by atoms with van der Waals surface area (Å²) in [6.45, 7) is 6.06. The van der Waals surface area contributed by atoms with Crippen LogP contribution >= 0.6 is 0 Å². The maximum absolute atomic E-state index is 15.3. The molecular weight excluding hydrogens is 487 g/mol. The van der Waals surface area contributed by atoms with Crippen LogP contribution in [0, 0.1) is 19.7 Å². The average molecular weight is 517 g/mol. The van der Waals surface area contributed by atoms with Crippen LogP contribution in [0.25, 0.3) is 11.1 Å². The molecule has 2 aliphatic heterocycles. The second-order valence-electron chi connectivity index (χ2n) is 9.87. The number of halogens is 1. The zero-order valence-corrected chi connectivity index (χ0v) is 21.6. The van der Waals surface area contributed by atoms with E-state index < -0.39 is 11.8 Å². The van der Waals surface area contributed by atoms with Crippen LogP contribution < -0.4 is 15.0 Å². The zero-order chi connectivity index (χ0) is 27.1. The highest BCUT2D eigenvalue weighted by Crippen LogP contribution is 2.45. The molecule has 2 N–H and O–H groups in total. The van der Waals surface area contributed by atoms with Gasteiger partial charge in [-0.2, -0.15) is 0 Å². The minimum atomic E-state index is -0.973. The average Bonchev–Trinajstić information content (AvgIpc) is 3.29. The fourth-order valence-electron chi connectivity index (χ4n) is 5.61. The maximum Gasteiger partial charge on any atom is 0.307 e. The number of carbonyl (C=O) groups excluding carboxylic acids is 2. The first-order valence-corrected chi connectivity index (χ1v) is 12.7. The van der Waals surface area contributed by atoms with Gasteiger partial charge in [-0.15, -0.1) is 0 Å². The van der Waals surface area contributed by atoms with Crippen molar-refractivity contribution >= 4 is 29.2 Å². The number of anilines is 2. The second kappa shape index (κ2) is 9.93. The van der Waals surface area contributed by atoms with Crippen molar-refractivity contribution in [2.75, 3.05) is 23.4 Å². The molecule has 3 aromatic rings. The van der Waals surface area contributed by atoms with Gasteiger partial charge in [0.05, 0.1) is 13.0 Å². The summed E-state index contributed by atoms with van der Waals surface area (Å²) >= 11 is 0. The summed E-state index contributed by atoms with van der Waals surface area (Å²) in [4.78, 5) is 38.4. The Labute approximate surface area is 220 Å². The van der Waals surface area contributed by atoms with Crippen molar-refractivity contribution in [1.82, 2.24) is 0 Å². The van der Waals surface area contributed by atoms with Gasteiger partial charge in [0.2, 0.25) is 5.91 Å². The van der Waals surface area contributed by atoms with E-state index in [-0.39, 0.29) is 24.0 Å². The number of carbonyl (C=O) groups is 3. The van der Waals surface area contributed by atoms with E-state index in [1.165, 1.54) is 13.0 Å². The Kier molecular flexibility index (Phi) is 6.65. The molecule has 8 heteroatoms. The van der Waals surface area contributed by atoms with Crippen LogP contribution in [0.5, 0.6) is 5.75 Å².